The minimum Gasteiger partial charge on any atom is -0.494 e. The Balaban J connectivity index is 1.47. The van der Waals surface area contributed by atoms with E-state index in [1.54, 1.807) is 31.5 Å². The molecule has 4 rings (SSSR count). The van der Waals surface area contributed by atoms with Gasteiger partial charge in [0.1, 0.15) is 29.4 Å². The van der Waals surface area contributed by atoms with Crippen LogP contribution in [0.3, 0.4) is 0 Å². The maximum absolute atomic E-state index is 13.7. The molecular weight excluding hydrogens is 452 g/mol. The Morgan fingerprint density at radius 1 is 1.33 bits per heavy atom. The van der Waals surface area contributed by atoms with Gasteiger partial charge in [0.15, 0.2) is 5.13 Å². The summed E-state index contributed by atoms with van der Waals surface area (Å²) in [4.78, 5) is 20.1. The molecule has 2 amide bonds. The summed E-state index contributed by atoms with van der Waals surface area (Å²) in [6, 6.07) is 6.44. The molecule has 1 unspecified atom stereocenters. The number of pyridine rings is 1. The molecule has 3 N–H and O–H groups in total. The van der Waals surface area contributed by atoms with E-state index < -0.39 is 5.92 Å². The van der Waals surface area contributed by atoms with Crippen molar-refractivity contribution in [2.24, 2.45) is 0 Å². The third-order valence-corrected chi connectivity index (χ3v) is 6.25. The highest BCUT2D eigenvalue weighted by atomic mass is 32.1. The second kappa shape index (κ2) is 9.74. The third-order valence-electron chi connectivity index (χ3n) is 5.32. The number of halogens is 2. The minimum atomic E-state index is -2.63. The van der Waals surface area contributed by atoms with Crippen molar-refractivity contribution >= 4 is 38.5 Å². The van der Waals surface area contributed by atoms with Crippen molar-refractivity contribution in [3.05, 3.63) is 36.0 Å². The number of methoxy groups -OCH3 is 1. The lowest BCUT2D eigenvalue weighted by Crippen LogP contribution is -2.34. The highest BCUT2D eigenvalue weighted by Crippen LogP contribution is 2.39. The van der Waals surface area contributed by atoms with E-state index in [0.29, 0.717) is 40.8 Å². The molecule has 3 aromatic rings. The van der Waals surface area contributed by atoms with E-state index in [2.05, 4.69) is 25.9 Å². The largest absolute Gasteiger partial charge is 0.494 e. The number of fused-ring (bicyclic) bond motifs is 1. The molecule has 1 aliphatic rings. The second-order valence-corrected chi connectivity index (χ2v) is 8.86. The van der Waals surface area contributed by atoms with Crippen molar-refractivity contribution in [2.45, 2.75) is 44.3 Å². The number of amides is 2. The predicted octanol–water partition coefficient (Wildman–Crippen LogP) is 5.02. The molecule has 1 aromatic carbocycles. The average Bonchev–Trinajstić information content (AvgIpc) is 3.18. The maximum atomic E-state index is 13.7. The van der Waals surface area contributed by atoms with Crippen LogP contribution in [-0.2, 0) is 6.61 Å². The molecule has 2 heterocycles. The van der Waals surface area contributed by atoms with E-state index in [-0.39, 0.29) is 31.5 Å². The fourth-order valence-corrected chi connectivity index (χ4v) is 4.71. The van der Waals surface area contributed by atoms with Gasteiger partial charge in [-0.15, -0.1) is 0 Å². The SMILES string of the molecule is CNC(=O)Nc1cc(COc2cc(OC)c3nc(NC4CCCC(F)(F)C4)sc3c2)ccn1. The molecule has 0 saturated heterocycles. The molecule has 1 atom stereocenters. The molecule has 8 nitrogen and oxygen atoms in total. The van der Waals surface area contributed by atoms with Gasteiger partial charge in [0.05, 0.1) is 11.8 Å². The van der Waals surface area contributed by atoms with Crippen molar-refractivity contribution in [3.63, 3.8) is 0 Å². The maximum Gasteiger partial charge on any atom is 0.320 e. The van der Waals surface area contributed by atoms with Crippen LogP contribution >= 0.6 is 11.3 Å². The van der Waals surface area contributed by atoms with Gasteiger partial charge in [0, 0.05) is 38.2 Å². The molecule has 2 aromatic heterocycles. The lowest BCUT2D eigenvalue weighted by Gasteiger charge is -2.29. The molecule has 0 aliphatic heterocycles. The fourth-order valence-electron chi connectivity index (χ4n) is 3.72. The van der Waals surface area contributed by atoms with E-state index in [9.17, 15) is 13.6 Å². The van der Waals surface area contributed by atoms with E-state index in [4.69, 9.17) is 9.47 Å². The van der Waals surface area contributed by atoms with Gasteiger partial charge in [-0.3, -0.25) is 5.32 Å². The molecule has 11 heteroatoms. The molecule has 1 aliphatic carbocycles. The molecule has 1 saturated carbocycles. The van der Waals surface area contributed by atoms with Gasteiger partial charge < -0.3 is 20.1 Å². The number of hydrogen-bond acceptors (Lipinski definition) is 7. The first-order chi connectivity index (χ1) is 15.8. The minimum absolute atomic E-state index is 0.0552. The highest BCUT2D eigenvalue weighted by Gasteiger charge is 2.36. The number of carbonyl (C=O) groups excluding carboxylic acids is 1. The van der Waals surface area contributed by atoms with Crippen LogP contribution in [-0.4, -0.2) is 42.1 Å². The first-order valence-electron chi connectivity index (χ1n) is 10.5. The lowest BCUT2D eigenvalue weighted by atomic mass is 9.92. The van der Waals surface area contributed by atoms with Crippen LogP contribution in [0.4, 0.5) is 24.5 Å². The number of aromatic nitrogens is 2. The first kappa shape index (κ1) is 23.0. The second-order valence-electron chi connectivity index (χ2n) is 7.83. The zero-order valence-electron chi connectivity index (χ0n) is 18.3. The molecule has 33 heavy (non-hydrogen) atoms. The number of hydrogen-bond donors (Lipinski definition) is 3. The van der Waals surface area contributed by atoms with Crippen molar-refractivity contribution in [2.75, 3.05) is 24.8 Å². The summed E-state index contributed by atoms with van der Waals surface area (Å²) < 4.78 is 39.7. The number of nitrogens with zero attached hydrogens (tertiary/aromatic N) is 2. The molecule has 0 bridgehead atoms. The topological polar surface area (TPSA) is 97.4 Å². The monoisotopic (exact) mass is 477 g/mol. The van der Waals surface area contributed by atoms with Gasteiger partial charge in [0.25, 0.3) is 0 Å². The number of alkyl halides is 2. The van der Waals surface area contributed by atoms with Crippen LogP contribution in [0.15, 0.2) is 30.5 Å². The summed E-state index contributed by atoms with van der Waals surface area (Å²) >= 11 is 1.38. The van der Waals surface area contributed by atoms with E-state index in [1.165, 1.54) is 18.4 Å². The summed E-state index contributed by atoms with van der Waals surface area (Å²) in [5.41, 5.74) is 1.47. The molecule has 0 spiro atoms. The van der Waals surface area contributed by atoms with Gasteiger partial charge in [0.2, 0.25) is 5.92 Å². The van der Waals surface area contributed by atoms with Gasteiger partial charge in [-0.05, 0) is 36.6 Å². The first-order valence-corrected chi connectivity index (χ1v) is 11.4. The summed E-state index contributed by atoms with van der Waals surface area (Å²) in [5, 5.41) is 8.84. The van der Waals surface area contributed by atoms with Crippen molar-refractivity contribution in [1.82, 2.24) is 15.3 Å². The van der Waals surface area contributed by atoms with E-state index in [1.807, 2.05) is 6.07 Å². The quantitative estimate of drug-likeness (QED) is 0.442. The van der Waals surface area contributed by atoms with E-state index >= 15 is 0 Å². The number of nitrogens with one attached hydrogen (secondary N) is 3. The summed E-state index contributed by atoms with van der Waals surface area (Å²) in [6.45, 7) is 0.251. The zero-order valence-corrected chi connectivity index (χ0v) is 19.1. The Bertz CT molecular complexity index is 1140. The Kier molecular flexibility index (Phi) is 6.77. The Morgan fingerprint density at radius 2 is 2.18 bits per heavy atom. The predicted molar refractivity (Wildman–Crippen MR) is 124 cm³/mol. The fraction of sp³-hybridized carbons (Fsp3) is 0.409. The number of rotatable bonds is 7. The average molecular weight is 478 g/mol. The van der Waals surface area contributed by atoms with Crippen LogP contribution in [0.5, 0.6) is 11.5 Å². The Labute approximate surface area is 193 Å². The normalized spacial score (nSPS) is 17.4. The summed E-state index contributed by atoms with van der Waals surface area (Å²) in [7, 11) is 3.07. The molecule has 1 fully saturated rings. The highest BCUT2D eigenvalue weighted by molar-refractivity contribution is 7.22. The van der Waals surface area contributed by atoms with E-state index in [0.717, 1.165) is 10.3 Å². The van der Waals surface area contributed by atoms with Gasteiger partial charge in [-0.25, -0.2) is 23.5 Å². The number of urea groups is 1. The standard InChI is InChI=1S/C22H25F2N5O3S/c1-25-20(30)28-18-8-13(5-7-26-18)12-32-15-9-16(31-2)19-17(10-15)33-21(29-19)27-14-4-3-6-22(23,24)11-14/h5,7-10,14H,3-4,6,11-12H2,1-2H3,(H,27,29)(H2,25,26,28,30). The van der Waals surface area contributed by atoms with Crippen molar-refractivity contribution in [1.29, 1.82) is 0 Å². The van der Waals surface area contributed by atoms with Crippen LogP contribution in [0.25, 0.3) is 10.2 Å². The van der Waals surface area contributed by atoms with Crippen LogP contribution in [0, 0.1) is 0 Å². The van der Waals surface area contributed by atoms with Crippen molar-refractivity contribution < 1.29 is 23.0 Å². The smallest absolute Gasteiger partial charge is 0.320 e. The lowest BCUT2D eigenvalue weighted by molar-refractivity contribution is -0.0373. The van der Waals surface area contributed by atoms with Crippen molar-refractivity contribution in [3.8, 4) is 11.5 Å². The molecular formula is C22H25F2N5O3S. The number of ether oxygens (including phenoxy) is 2. The molecule has 176 valence electrons. The summed E-state index contributed by atoms with van der Waals surface area (Å²) in [6.07, 6.45) is 2.53. The van der Waals surface area contributed by atoms with Crippen LogP contribution in [0.1, 0.15) is 31.2 Å². The van der Waals surface area contributed by atoms with Crippen LogP contribution in [0.2, 0.25) is 0 Å². The Morgan fingerprint density at radius 3 is 2.94 bits per heavy atom. The zero-order chi connectivity index (χ0) is 23.4. The summed E-state index contributed by atoms with van der Waals surface area (Å²) in [5.74, 6) is -1.10. The number of benzene rings is 1. The van der Waals surface area contributed by atoms with Crippen LogP contribution < -0.4 is 25.4 Å². The third kappa shape index (κ3) is 5.78. The van der Waals surface area contributed by atoms with Gasteiger partial charge >= 0.3 is 6.03 Å². The van der Waals surface area contributed by atoms with Gasteiger partial charge in [-0.2, -0.15) is 0 Å². The number of anilines is 2. The number of carbonyl (C=O) groups is 1. The number of thiazole rings is 1. The van der Waals surface area contributed by atoms with Gasteiger partial charge in [-0.1, -0.05) is 11.3 Å². The Hall–Kier alpha value is -3.21. The molecule has 0 radical (unpaired) electrons.